The first kappa shape index (κ1) is 13.4. The summed E-state index contributed by atoms with van der Waals surface area (Å²) in [6.45, 7) is -1.10. The van der Waals surface area contributed by atoms with Gasteiger partial charge in [-0.25, -0.2) is 13.2 Å². The molecule has 0 aromatic heterocycles. The highest BCUT2D eigenvalue weighted by molar-refractivity contribution is 5.38. The first-order chi connectivity index (χ1) is 7.78. The summed E-state index contributed by atoms with van der Waals surface area (Å²) < 4.78 is 52.3. The number of hydrogen-bond acceptors (Lipinski definition) is 3. The molecular weight excluding hydrogens is 244 g/mol. The van der Waals surface area contributed by atoms with Crippen molar-refractivity contribution in [3.05, 3.63) is 39.4 Å². The highest BCUT2D eigenvalue weighted by atomic mass is 19.3. The Morgan fingerprint density at radius 2 is 1.94 bits per heavy atom. The van der Waals surface area contributed by atoms with E-state index in [1.165, 1.54) is 0 Å². The molecule has 0 unspecified atom stereocenters. The normalized spacial score (nSPS) is 11.6. The Balaban J connectivity index is 3.23. The van der Waals surface area contributed by atoms with Crippen molar-refractivity contribution >= 4 is 5.69 Å². The number of nitrogens with two attached hydrogens (primary N) is 1. The molecule has 94 valence electrons. The molecule has 2 N–H and O–H groups in total. The van der Waals surface area contributed by atoms with Crippen LogP contribution in [0.5, 0.6) is 0 Å². The van der Waals surface area contributed by atoms with Crippen LogP contribution >= 0.6 is 0 Å². The van der Waals surface area contributed by atoms with Crippen LogP contribution in [0.3, 0.4) is 0 Å². The van der Waals surface area contributed by atoms with Gasteiger partial charge in [0.25, 0.3) is 5.92 Å². The summed E-state index contributed by atoms with van der Waals surface area (Å²) in [5, 5.41) is 10.4. The van der Waals surface area contributed by atoms with E-state index in [2.05, 4.69) is 0 Å². The van der Waals surface area contributed by atoms with Crippen LogP contribution in [0.1, 0.15) is 5.56 Å². The first-order valence-electron chi connectivity index (χ1n) is 4.47. The molecule has 1 aromatic rings. The van der Waals surface area contributed by atoms with Crippen LogP contribution in [0.4, 0.5) is 23.2 Å². The second-order valence-corrected chi connectivity index (χ2v) is 3.35. The van der Waals surface area contributed by atoms with Gasteiger partial charge < -0.3 is 5.73 Å². The van der Waals surface area contributed by atoms with Crippen LogP contribution in [-0.2, 0) is 6.42 Å². The number of nitro benzene ring substituents is 1. The van der Waals surface area contributed by atoms with Crippen LogP contribution < -0.4 is 5.73 Å². The molecule has 0 saturated carbocycles. The molecule has 0 aliphatic rings. The maximum Gasteiger partial charge on any atom is 0.305 e. The van der Waals surface area contributed by atoms with E-state index in [4.69, 9.17) is 5.73 Å². The highest BCUT2D eigenvalue weighted by Gasteiger charge is 2.32. The van der Waals surface area contributed by atoms with Gasteiger partial charge in [-0.2, -0.15) is 4.39 Å². The standard InChI is InChI=1S/C9H8F4N2O2/c10-6-1-2-7(15(16)17)8(11)5(6)3-9(12,13)4-14/h1-2H,3-4,14H2. The molecule has 17 heavy (non-hydrogen) atoms. The van der Waals surface area contributed by atoms with Gasteiger partial charge >= 0.3 is 5.69 Å². The molecule has 1 rings (SSSR count). The molecular formula is C9H8F4N2O2. The summed E-state index contributed by atoms with van der Waals surface area (Å²) in [6, 6.07) is 1.15. The second kappa shape index (κ2) is 4.66. The van der Waals surface area contributed by atoms with Gasteiger partial charge in [0.15, 0.2) is 0 Å². The maximum absolute atomic E-state index is 13.4. The molecule has 0 aliphatic carbocycles. The zero-order valence-corrected chi connectivity index (χ0v) is 8.42. The predicted octanol–water partition coefficient (Wildman–Crippen LogP) is 2.01. The lowest BCUT2D eigenvalue weighted by Crippen LogP contribution is -2.31. The second-order valence-electron chi connectivity index (χ2n) is 3.35. The summed E-state index contributed by atoms with van der Waals surface area (Å²) in [6.07, 6.45) is -1.32. The quantitative estimate of drug-likeness (QED) is 0.506. The molecule has 8 heteroatoms. The average molecular weight is 252 g/mol. The number of benzene rings is 1. The van der Waals surface area contributed by atoms with Crippen molar-refractivity contribution in [1.29, 1.82) is 0 Å². The van der Waals surface area contributed by atoms with Crippen LogP contribution in [0, 0.1) is 21.7 Å². The summed E-state index contributed by atoms with van der Waals surface area (Å²) in [7, 11) is 0. The third kappa shape index (κ3) is 2.90. The third-order valence-corrected chi connectivity index (χ3v) is 2.10. The molecule has 0 bridgehead atoms. The number of alkyl halides is 2. The van der Waals surface area contributed by atoms with Crippen molar-refractivity contribution in [3.63, 3.8) is 0 Å². The average Bonchev–Trinajstić information content (AvgIpc) is 2.23. The molecule has 1 aromatic carbocycles. The van der Waals surface area contributed by atoms with E-state index in [-0.39, 0.29) is 0 Å². The van der Waals surface area contributed by atoms with Crippen LogP contribution in [0.2, 0.25) is 0 Å². The lowest BCUT2D eigenvalue weighted by Gasteiger charge is -2.14. The first-order valence-corrected chi connectivity index (χ1v) is 4.47. The molecule has 0 amide bonds. The van der Waals surface area contributed by atoms with Gasteiger partial charge in [-0.3, -0.25) is 10.1 Å². The molecule has 0 heterocycles. The maximum atomic E-state index is 13.4. The van der Waals surface area contributed by atoms with Crippen LogP contribution in [-0.4, -0.2) is 17.4 Å². The van der Waals surface area contributed by atoms with E-state index >= 15 is 0 Å². The minimum Gasteiger partial charge on any atom is -0.325 e. The number of halogens is 4. The van der Waals surface area contributed by atoms with Gasteiger partial charge in [0.2, 0.25) is 5.82 Å². The van der Waals surface area contributed by atoms with E-state index in [9.17, 15) is 27.7 Å². The van der Waals surface area contributed by atoms with Crippen molar-refractivity contribution in [2.24, 2.45) is 5.73 Å². The molecule has 0 fully saturated rings. The fourth-order valence-corrected chi connectivity index (χ4v) is 1.22. The summed E-state index contributed by atoms with van der Waals surface area (Å²) in [4.78, 5) is 9.24. The van der Waals surface area contributed by atoms with Crippen LogP contribution in [0.15, 0.2) is 12.1 Å². The van der Waals surface area contributed by atoms with Gasteiger partial charge in [-0.1, -0.05) is 0 Å². The van der Waals surface area contributed by atoms with Gasteiger partial charge in [0.05, 0.1) is 11.5 Å². The van der Waals surface area contributed by atoms with E-state index < -0.39 is 46.7 Å². The summed E-state index contributed by atoms with van der Waals surface area (Å²) >= 11 is 0. The Bertz CT molecular complexity index is 451. The Morgan fingerprint density at radius 3 is 2.41 bits per heavy atom. The Morgan fingerprint density at radius 1 is 1.35 bits per heavy atom. The summed E-state index contributed by atoms with van der Waals surface area (Å²) in [5.74, 6) is -6.37. The predicted molar refractivity (Wildman–Crippen MR) is 50.7 cm³/mol. The smallest absolute Gasteiger partial charge is 0.305 e. The lowest BCUT2D eigenvalue weighted by atomic mass is 10.0. The van der Waals surface area contributed by atoms with E-state index in [0.717, 1.165) is 0 Å². The fourth-order valence-electron chi connectivity index (χ4n) is 1.22. The number of nitro groups is 1. The van der Waals surface area contributed by atoms with Gasteiger partial charge in [-0.15, -0.1) is 0 Å². The number of hydrogen-bond donors (Lipinski definition) is 1. The Labute approximate surface area is 93.2 Å². The molecule has 0 radical (unpaired) electrons. The zero-order valence-electron chi connectivity index (χ0n) is 8.42. The molecule has 4 nitrogen and oxygen atoms in total. The van der Waals surface area contributed by atoms with Crippen molar-refractivity contribution in [2.45, 2.75) is 12.3 Å². The largest absolute Gasteiger partial charge is 0.325 e. The molecule has 0 saturated heterocycles. The highest BCUT2D eigenvalue weighted by Crippen LogP contribution is 2.28. The van der Waals surface area contributed by atoms with Crippen molar-refractivity contribution in [3.8, 4) is 0 Å². The molecule has 0 spiro atoms. The number of nitrogens with zero attached hydrogens (tertiary/aromatic N) is 1. The van der Waals surface area contributed by atoms with Gasteiger partial charge in [0.1, 0.15) is 5.82 Å². The third-order valence-electron chi connectivity index (χ3n) is 2.10. The molecule has 0 atom stereocenters. The minimum absolute atomic E-state index is 0.573. The minimum atomic E-state index is -3.52. The SMILES string of the molecule is NCC(F)(F)Cc1c(F)ccc([N+](=O)[O-])c1F. The van der Waals surface area contributed by atoms with E-state index in [0.29, 0.717) is 12.1 Å². The van der Waals surface area contributed by atoms with Crippen molar-refractivity contribution in [2.75, 3.05) is 6.54 Å². The monoisotopic (exact) mass is 252 g/mol. The van der Waals surface area contributed by atoms with Gasteiger partial charge in [-0.05, 0) is 6.07 Å². The zero-order chi connectivity index (χ0) is 13.2. The summed E-state index contributed by atoms with van der Waals surface area (Å²) in [5.41, 5.74) is 2.64. The van der Waals surface area contributed by atoms with Crippen molar-refractivity contribution < 1.29 is 22.5 Å². The Kier molecular flexibility index (Phi) is 3.66. The number of rotatable bonds is 4. The Hall–Kier alpha value is -1.70. The fraction of sp³-hybridized carbons (Fsp3) is 0.333. The van der Waals surface area contributed by atoms with E-state index in [1.54, 1.807) is 0 Å². The van der Waals surface area contributed by atoms with Crippen LogP contribution in [0.25, 0.3) is 0 Å². The van der Waals surface area contributed by atoms with E-state index in [1.807, 2.05) is 0 Å². The van der Waals surface area contributed by atoms with Crippen molar-refractivity contribution in [1.82, 2.24) is 0 Å². The molecule has 0 aliphatic heterocycles. The lowest BCUT2D eigenvalue weighted by molar-refractivity contribution is -0.387. The van der Waals surface area contributed by atoms with Gasteiger partial charge in [0, 0.05) is 18.1 Å². The topological polar surface area (TPSA) is 69.2 Å².